The quantitative estimate of drug-likeness (QED) is 0.787. The zero-order valence-corrected chi connectivity index (χ0v) is 12.3. The van der Waals surface area contributed by atoms with Gasteiger partial charge < -0.3 is 9.88 Å². The minimum Gasteiger partial charge on any atom is -0.337 e. The van der Waals surface area contributed by atoms with Gasteiger partial charge in [-0.25, -0.2) is 9.37 Å². The molecule has 0 bridgehead atoms. The topological polar surface area (TPSA) is 29.9 Å². The number of hydrogen-bond acceptors (Lipinski definition) is 2. The van der Waals surface area contributed by atoms with Crippen LogP contribution in [0.5, 0.6) is 0 Å². The first kappa shape index (κ1) is 15.0. The molecule has 0 amide bonds. The molecule has 0 fully saturated rings. The third kappa shape index (κ3) is 4.32. The summed E-state index contributed by atoms with van der Waals surface area (Å²) in [7, 11) is 0. The van der Waals surface area contributed by atoms with Crippen LogP contribution in [0.4, 0.5) is 4.39 Å². The van der Waals surface area contributed by atoms with Gasteiger partial charge in [-0.2, -0.15) is 0 Å². The number of nitrogens with one attached hydrogen (secondary N) is 1. The molecule has 1 atom stereocenters. The average Bonchev–Trinajstić information content (AvgIpc) is 2.94. The molecule has 0 spiro atoms. The van der Waals surface area contributed by atoms with Crippen molar-refractivity contribution in [2.75, 3.05) is 6.54 Å². The van der Waals surface area contributed by atoms with Crippen molar-refractivity contribution in [2.45, 2.75) is 32.4 Å². The van der Waals surface area contributed by atoms with Crippen LogP contribution in [0.15, 0.2) is 36.9 Å². The van der Waals surface area contributed by atoms with Gasteiger partial charge in [0.05, 0.1) is 11.3 Å². The van der Waals surface area contributed by atoms with Crippen LogP contribution in [0.1, 0.15) is 31.4 Å². The molecule has 3 nitrogen and oxygen atoms in total. The van der Waals surface area contributed by atoms with E-state index in [0.29, 0.717) is 0 Å². The Kier molecular flexibility index (Phi) is 5.56. The fourth-order valence-corrected chi connectivity index (χ4v) is 2.25. The van der Waals surface area contributed by atoms with Crippen LogP contribution in [0.2, 0.25) is 5.02 Å². The minimum atomic E-state index is -0.372. The van der Waals surface area contributed by atoms with Crippen LogP contribution >= 0.6 is 11.6 Å². The molecule has 1 aromatic carbocycles. The molecule has 2 aromatic rings. The predicted octanol–water partition coefficient (Wildman–Crippen LogP) is 3.81. The van der Waals surface area contributed by atoms with E-state index in [1.165, 1.54) is 6.07 Å². The summed E-state index contributed by atoms with van der Waals surface area (Å²) >= 11 is 5.79. The second-order valence-electron chi connectivity index (χ2n) is 4.86. The molecular weight excluding hydrogens is 277 g/mol. The molecule has 2 rings (SSSR count). The first-order valence-corrected chi connectivity index (χ1v) is 7.18. The maximum atomic E-state index is 13.1. The van der Waals surface area contributed by atoms with Gasteiger partial charge in [0.15, 0.2) is 0 Å². The molecule has 1 unspecified atom stereocenters. The van der Waals surface area contributed by atoms with E-state index in [-0.39, 0.29) is 16.9 Å². The number of unbranched alkanes of at least 4 members (excludes halogenated alkanes) is 1. The van der Waals surface area contributed by atoms with Crippen molar-refractivity contribution in [3.8, 4) is 0 Å². The van der Waals surface area contributed by atoms with E-state index in [0.717, 1.165) is 31.5 Å². The third-order valence-electron chi connectivity index (χ3n) is 3.30. The van der Waals surface area contributed by atoms with Crippen molar-refractivity contribution < 1.29 is 4.39 Å². The Labute approximate surface area is 123 Å². The van der Waals surface area contributed by atoms with Gasteiger partial charge in [-0.3, -0.25) is 0 Å². The lowest BCUT2D eigenvalue weighted by molar-refractivity contribution is 0.522. The zero-order chi connectivity index (χ0) is 14.4. The molecule has 0 aliphatic rings. The SMILES string of the molecule is CC(NCCCCn1ccnc1)c1ccc(F)c(Cl)c1. The van der Waals surface area contributed by atoms with Crippen molar-refractivity contribution in [2.24, 2.45) is 0 Å². The van der Waals surface area contributed by atoms with Gasteiger partial charge in [-0.05, 0) is 44.0 Å². The van der Waals surface area contributed by atoms with Gasteiger partial charge in [-0.15, -0.1) is 0 Å². The van der Waals surface area contributed by atoms with Gasteiger partial charge >= 0.3 is 0 Å². The van der Waals surface area contributed by atoms with Gasteiger partial charge in [-0.1, -0.05) is 17.7 Å². The largest absolute Gasteiger partial charge is 0.337 e. The van der Waals surface area contributed by atoms with Crippen molar-refractivity contribution in [3.63, 3.8) is 0 Å². The molecule has 1 N–H and O–H groups in total. The van der Waals surface area contributed by atoms with Gasteiger partial charge in [0.1, 0.15) is 5.82 Å². The van der Waals surface area contributed by atoms with E-state index in [1.54, 1.807) is 18.3 Å². The highest BCUT2D eigenvalue weighted by atomic mass is 35.5. The number of rotatable bonds is 7. The second-order valence-corrected chi connectivity index (χ2v) is 5.26. The van der Waals surface area contributed by atoms with Crippen LogP contribution < -0.4 is 5.32 Å². The highest BCUT2D eigenvalue weighted by Crippen LogP contribution is 2.20. The smallest absolute Gasteiger partial charge is 0.141 e. The summed E-state index contributed by atoms with van der Waals surface area (Å²) in [5.41, 5.74) is 1.01. The zero-order valence-electron chi connectivity index (χ0n) is 11.5. The molecule has 108 valence electrons. The third-order valence-corrected chi connectivity index (χ3v) is 3.59. The number of nitrogens with zero attached hydrogens (tertiary/aromatic N) is 2. The van der Waals surface area contributed by atoms with Gasteiger partial charge in [0.25, 0.3) is 0 Å². The maximum absolute atomic E-state index is 13.1. The van der Waals surface area contributed by atoms with E-state index in [4.69, 9.17) is 11.6 Å². The standard InChI is InChI=1S/C15H19ClFN3/c1-12(13-4-5-15(17)14(16)10-13)19-6-2-3-8-20-9-7-18-11-20/h4-5,7,9-12,19H,2-3,6,8H2,1H3. The summed E-state index contributed by atoms with van der Waals surface area (Å²) in [4.78, 5) is 4.01. The fraction of sp³-hybridized carbons (Fsp3) is 0.400. The lowest BCUT2D eigenvalue weighted by Crippen LogP contribution is -2.20. The van der Waals surface area contributed by atoms with E-state index in [1.807, 2.05) is 12.5 Å². The number of aromatic nitrogens is 2. The van der Waals surface area contributed by atoms with Crippen LogP contribution in [0.3, 0.4) is 0 Å². The molecule has 0 saturated carbocycles. The monoisotopic (exact) mass is 295 g/mol. The summed E-state index contributed by atoms with van der Waals surface area (Å²) in [6.45, 7) is 3.96. The Bertz CT molecular complexity index is 528. The number of imidazole rings is 1. The molecule has 1 aromatic heterocycles. The number of benzene rings is 1. The first-order chi connectivity index (χ1) is 9.66. The van der Waals surface area contributed by atoms with E-state index in [9.17, 15) is 4.39 Å². The molecule has 0 aliphatic heterocycles. The molecular formula is C15H19ClFN3. The van der Waals surface area contributed by atoms with Crippen molar-refractivity contribution in [1.82, 2.24) is 14.9 Å². The molecule has 0 saturated heterocycles. The molecule has 0 aliphatic carbocycles. The van der Waals surface area contributed by atoms with Crippen LogP contribution in [0, 0.1) is 5.82 Å². The van der Waals surface area contributed by atoms with E-state index < -0.39 is 0 Å². The lowest BCUT2D eigenvalue weighted by atomic mass is 10.1. The number of hydrogen-bond donors (Lipinski definition) is 1. The summed E-state index contributed by atoms with van der Waals surface area (Å²) < 4.78 is 15.2. The highest BCUT2D eigenvalue weighted by Gasteiger charge is 2.07. The van der Waals surface area contributed by atoms with Crippen molar-refractivity contribution >= 4 is 11.6 Å². The van der Waals surface area contributed by atoms with E-state index >= 15 is 0 Å². The summed E-state index contributed by atoms with van der Waals surface area (Å²) in [5, 5.41) is 3.60. The summed E-state index contributed by atoms with van der Waals surface area (Å²) in [5.74, 6) is -0.372. The Morgan fingerprint density at radius 1 is 1.40 bits per heavy atom. The van der Waals surface area contributed by atoms with Crippen molar-refractivity contribution in [1.29, 1.82) is 0 Å². The first-order valence-electron chi connectivity index (χ1n) is 6.81. The lowest BCUT2D eigenvalue weighted by Gasteiger charge is -2.14. The molecule has 0 radical (unpaired) electrons. The Morgan fingerprint density at radius 2 is 2.25 bits per heavy atom. The van der Waals surface area contributed by atoms with Gasteiger partial charge in [0, 0.05) is 25.0 Å². The molecule has 20 heavy (non-hydrogen) atoms. The summed E-state index contributed by atoms with van der Waals surface area (Å²) in [6.07, 6.45) is 7.77. The average molecular weight is 296 g/mol. The minimum absolute atomic E-state index is 0.168. The highest BCUT2D eigenvalue weighted by molar-refractivity contribution is 6.30. The Morgan fingerprint density at radius 3 is 2.95 bits per heavy atom. The maximum Gasteiger partial charge on any atom is 0.141 e. The molecule has 1 heterocycles. The summed E-state index contributed by atoms with van der Waals surface area (Å²) in [6, 6.07) is 5.03. The predicted molar refractivity (Wildman–Crippen MR) is 79.3 cm³/mol. The van der Waals surface area contributed by atoms with Crippen LogP contribution in [-0.2, 0) is 6.54 Å². The Balaban J connectivity index is 1.69. The van der Waals surface area contributed by atoms with Crippen LogP contribution in [-0.4, -0.2) is 16.1 Å². The number of aryl methyl sites for hydroxylation is 1. The Hall–Kier alpha value is -1.39. The van der Waals surface area contributed by atoms with E-state index in [2.05, 4.69) is 21.8 Å². The van der Waals surface area contributed by atoms with Crippen molar-refractivity contribution in [3.05, 3.63) is 53.3 Å². The molecule has 5 heteroatoms. The van der Waals surface area contributed by atoms with Crippen LogP contribution in [0.25, 0.3) is 0 Å². The second kappa shape index (κ2) is 7.41. The fourth-order valence-electron chi connectivity index (χ4n) is 2.06. The van der Waals surface area contributed by atoms with Gasteiger partial charge in [0.2, 0.25) is 0 Å². The normalized spacial score (nSPS) is 12.6. The number of halogens is 2.